The molecule has 1 aromatic carbocycles. The van der Waals surface area contributed by atoms with E-state index in [2.05, 4.69) is 26.5 Å². The molecule has 31 heavy (non-hydrogen) atoms. The number of carbonyl (C=O) groups excluding carboxylic acids is 1. The van der Waals surface area contributed by atoms with E-state index in [-0.39, 0.29) is 24.8 Å². The SMILES string of the molecule is CC[C@@H](C)Oc1ccccc1/C=N/NC(=O)Cn1c(C)c(Br)c(COC)c(C#N)c1=O. The number of benzene rings is 1. The van der Waals surface area contributed by atoms with Gasteiger partial charge in [-0.05, 0) is 48.3 Å². The first-order chi connectivity index (χ1) is 14.8. The second-order valence-corrected chi connectivity index (χ2v) is 7.65. The molecule has 0 aliphatic heterocycles. The first kappa shape index (κ1) is 24.3. The molecule has 8 nitrogen and oxygen atoms in total. The second-order valence-electron chi connectivity index (χ2n) is 6.86. The zero-order chi connectivity index (χ0) is 23.0. The van der Waals surface area contributed by atoms with Crippen LogP contribution in [0.5, 0.6) is 5.75 Å². The number of hydrogen-bond donors (Lipinski definition) is 1. The highest BCUT2D eigenvalue weighted by molar-refractivity contribution is 9.10. The first-order valence-electron chi connectivity index (χ1n) is 9.72. The zero-order valence-corrected chi connectivity index (χ0v) is 19.5. The summed E-state index contributed by atoms with van der Waals surface area (Å²) in [5.74, 6) is 0.162. The van der Waals surface area contributed by atoms with Crippen molar-refractivity contribution < 1.29 is 14.3 Å². The number of methoxy groups -OCH3 is 1. The predicted octanol–water partition coefficient (Wildman–Crippen LogP) is 3.26. The number of nitriles is 1. The van der Waals surface area contributed by atoms with E-state index in [0.29, 0.717) is 21.5 Å². The van der Waals surface area contributed by atoms with E-state index >= 15 is 0 Å². The molecule has 1 N–H and O–H groups in total. The number of carbonyl (C=O) groups is 1. The number of rotatable bonds is 9. The molecule has 1 amide bonds. The first-order valence-corrected chi connectivity index (χ1v) is 10.5. The average Bonchev–Trinajstić information content (AvgIpc) is 2.76. The van der Waals surface area contributed by atoms with Crippen LogP contribution in [0.3, 0.4) is 0 Å². The highest BCUT2D eigenvalue weighted by Crippen LogP contribution is 2.23. The number of amides is 1. The molecule has 0 fully saturated rings. The molecule has 0 aliphatic carbocycles. The third-order valence-corrected chi connectivity index (χ3v) is 5.72. The number of pyridine rings is 1. The normalized spacial score (nSPS) is 11.9. The molecule has 2 aromatic rings. The fourth-order valence-electron chi connectivity index (χ4n) is 2.80. The van der Waals surface area contributed by atoms with Gasteiger partial charge in [0, 0.05) is 28.4 Å². The lowest BCUT2D eigenvalue weighted by molar-refractivity contribution is -0.121. The number of aromatic nitrogens is 1. The quantitative estimate of drug-likeness (QED) is 0.430. The summed E-state index contributed by atoms with van der Waals surface area (Å²) in [6, 6.07) is 9.27. The Hall–Kier alpha value is -2.96. The third-order valence-electron chi connectivity index (χ3n) is 4.67. The van der Waals surface area contributed by atoms with Crippen molar-refractivity contribution in [2.24, 2.45) is 5.10 Å². The van der Waals surface area contributed by atoms with Crippen LogP contribution in [0.25, 0.3) is 0 Å². The van der Waals surface area contributed by atoms with Crippen molar-refractivity contribution in [3.05, 3.63) is 61.5 Å². The number of ether oxygens (including phenoxy) is 2. The largest absolute Gasteiger partial charge is 0.490 e. The van der Waals surface area contributed by atoms with E-state index in [1.807, 2.05) is 44.2 Å². The molecule has 1 aromatic heterocycles. The Labute approximate surface area is 189 Å². The smallest absolute Gasteiger partial charge is 0.269 e. The van der Waals surface area contributed by atoms with Crippen molar-refractivity contribution in [1.82, 2.24) is 9.99 Å². The van der Waals surface area contributed by atoms with Gasteiger partial charge in [-0.25, -0.2) is 5.43 Å². The Morgan fingerprint density at radius 1 is 1.42 bits per heavy atom. The van der Waals surface area contributed by atoms with E-state index in [4.69, 9.17) is 9.47 Å². The second kappa shape index (κ2) is 11.4. The Bertz CT molecular complexity index is 1070. The maximum atomic E-state index is 12.7. The lowest BCUT2D eigenvalue weighted by Gasteiger charge is -2.15. The molecule has 0 saturated heterocycles. The van der Waals surface area contributed by atoms with Crippen LogP contribution in [0.15, 0.2) is 38.6 Å². The van der Waals surface area contributed by atoms with Crippen LogP contribution in [0.4, 0.5) is 0 Å². The third kappa shape index (κ3) is 6.03. The summed E-state index contributed by atoms with van der Waals surface area (Å²) >= 11 is 3.40. The molecule has 1 atom stereocenters. The molecule has 2 rings (SSSR count). The zero-order valence-electron chi connectivity index (χ0n) is 17.9. The van der Waals surface area contributed by atoms with Crippen LogP contribution in [0.1, 0.15) is 42.7 Å². The number of para-hydroxylation sites is 1. The maximum Gasteiger partial charge on any atom is 0.269 e. The number of nitrogens with zero attached hydrogens (tertiary/aromatic N) is 3. The van der Waals surface area contributed by atoms with Gasteiger partial charge < -0.3 is 14.0 Å². The average molecular weight is 489 g/mol. The van der Waals surface area contributed by atoms with Crippen molar-refractivity contribution in [2.45, 2.75) is 46.4 Å². The van der Waals surface area contributed by atoms with Gasteiger partial charge in [-0.1, -0.05) is 19.1 Å². The number of nitrogens with one attached hydrogen (secondary N) is 1. The minimum atomic E-state index is -0.554. The van der Waals surface area contributed by atoms with Crippen LogP contribution in [0, 0.1) is 18.3 Å². The van der Waals surface area contributed by atoms with Crippen LogP contribution in [-0.4, -0.2) is 29.9 Å². The monoisotopic (exact) mass is 488 g/mol. The Morgan fingerprint density at radius 2 is 2.13 bits per heavy atom. The Morgan fingerprint density at radius 3 is 2.77 bits per heavy atom. The van der Waals surface area contributed by atoms with Gasteiger partial charge in [0.15, 0.2) is 0 Å². The molecule has 0 spiro atoms. The summed E-state index contributed by atoms with van der Waals surface area (Å²) in [7, 11) is 1.48. The number of hydrogen-bond acceptors (Lipinski definition) is 6. The van der Waals surface area contributed by atoms with E-state index in [0.717, 1.165) is 12.0 Å². The Balaban J connectivity index is 2.19. The maximum absolute atomic E-state index is 12.7. The summed E-state index contributed by atoms with van der Waals surface area (Å²) in [6.07, 6.45) is 2.40. The lowest BCUT2D eigenvalue weighted by Crippen LogP contribution is -2.33. The molecule has 0 unspecified atom stereocenters. The van der Waals surface area contributed by atoms with Crippen molar-refractivity contribution in [2.75, 3.05) is 7.11 Å². The fourth-order valence-corrected chi connectivity index (χ4v) is 3.32. The van der Waals surface area contributed by atoms with Gasteiger partial charge in [-0.15, -0.1) is 0 Å². The van der Waals surface area contributed by atoms with Crippen molar-refractivity contribution in [1.29, 1.82) is 5.26 Å². The van der Waals surface area contributed by atoms with Crippen LogP contribution < -0.4 is 15.7 Å². The van der Waals surface area contributed by atoms with E-state index < -0.39 is 11.5 Å². The summed E-state index contributed by atoms with van der Waals surface area (Å²) < 4.78 is 12.7. The van der Waals surface area contributed by atoms with E-state index in [1.165, 1.54) is 17.9 Å². The van der Waals surface area contributed by atoms with E-state index in [1.54, 1.807) is 6.92 Å². The molecule has 164 valence electrons. The topological polar surface area (TPSA) is 106 Å². The minimum absolute atomic E-state index is 0.0489. The standard InChI is InChI=1S/C22H25BrN4O4/c1-5-14(2)31-19-9-7-6-8-16(19)11-25-26-20(28)12-27-15(3)21(23)18(13-30-4)17(10-24)22(27)29/h6-9,11,14H,5,12-13H2,1-4H3,(H,26,28)/b25-11+/t14-/m1/s1. The van der Waals surface area contributed by atoms with Gasteiger partial charge >= 0.3 is 0 Å². The molecule has 1 heterocycles. The number of halogens is 1. The lowest BCUT2D eigenvalue weighted by atomic mass is 10.1. The van der Waals surface area contributed by atoms with Crippen molar-refractivity contribution >= 4 is 28.1 Å². The number of hydrazone groups is 1. The molecular weight excluding hydrogens is 464 g/mol. The van der Waals surface area contributed by atoms with Crippen molar-refractivity contribution in [3.63, 3.8) is 0 Å². The minimum Gasteiger partial charge on any atom is -0.490 e. The van der Waals surface area contributed by atoms with Gasteiger partial charge in [0.1, 0.15) is 23.9 Å². The Kier molecular flexibility index (Phi) is 8.97. The molecule has 0 radical (unpaired) electrons. The molecule has 0 bridgehead atoms. The van der Waals surface area contributed by atoms with Gasteiger partial charge in [-0.2, -0.15) is 10.4 Å². The molecular formula is C22H25BrN4O4. The molecule has 0 aliphatic rings. The highest BCUT2D eigenvalue weighted by Gasteiger charge is 2.19. The van der Waals surface area contributed by atoms with Gasteiger partial charge in [0.25, 0.3) is 11.5 Å². The summed E-state index contributed by atoms with van der Waals surface area (Å²) in [4.78, 5) is 25.1. The molecule has 0 saturated carbocycles. The van der Waals surface area contributed by atoms with Gasteiger partial charge in [0.05, 0.1) is 18.9 Å². The van der Waals surface area contributed by atoms with Gasteiger partial charge in [-0.3, -0.25) is 9.59 Å². The van der Waals surface area contributed by atoms with Crippen LogP contribution in [-0.2, 0) is 22.7 Å². The van der Waals surface area contributed by atoms with E-state index in [9.17, 15) is 14.9 Å². The summed E-state index contributed by atoms with van der Waals surface area (Å²) in [5, 5.41) is 13.4. The van der Waals surface area contributed by atoms with Crippen molar-refractivity contribution in [3.8, 4) is 11.8 Å². The van der Waals surface area contributed by atoms with Gasteiger partial charge in [0.2, 0.25) is 0 Å². The fraction of sp³-hybridized carbons (Fsp3) is 0.364. The molecule has 9 heteroatoms. The van der Waals surface area contributed by atoms with Crippen LogP contribution in [0.2, 0.25) is 0 Å². The highest BCUT2D eigenvalue weighted by atomic mass is 79.9. The van der Waals surface area contributed by atoms with Crippen LogP contribution >= 0.6 is 15.9 Å². The predicted molar refractivity (Wildman–Crippen MR) is 121 cm³/mol. The summed E-state index contributed by atoms with van der Waals surface area (Å²) in [5.41, 5.74) is 3.49. The summed E-state index contributed by atoms with van der Waals surface area (Å²) in [6.45, 7) is 5.51.